The molecule has 1 aliphatic carbocycles. The molecule has 0 radical (unpaired) electrons. The van der Waals surface area contributed by atoms with Crippen molar-refractivity contribution in [2.24, 2.45) is 5.92 Å². The molecule has 1 saturated carbocycles. The van der Waals surface area contributed by atoms with Crippen LogP contribution in [0.5, 0.6) is 0 Å². The third-order valence-electron chi connectivity index (χ3n) is 3.31. The van der Waals surface area contributed by atoms with Crippen molar-refractivity contribution in [2.75, 3.05) is 5.32 Å². The normalized spacial score (nSPS) is 24.7. The van der Waals surface area contributed by atoms with Crippen LogP contribution in [0.3, 0.4) is 0 Å². The van der Waals surface area contributed by atoms with Crippen molar-refractivity contribution in [3.63, 3.8) is 0 Å². The Bertz CT molecular complexity index is 409. The Morgan fingerprint density at radius 1 is 1.24 bits per heavy atom. The van der Waals surface area contributed by atoms with Gasteiger partial charge in [-0.3, -0.25) is 0 Å². The summed E-state index contributed by atoms with van der Waals surface area (Å²) in [5, 5.41) is 3.11. The molecule has 1 aromatic rings. The number of hydrogen-bond acceptors (Lipinski definition) is 1. The summed E-state index contributed by atoms with van der Waals surface area (Å²) >= 11 is 2.97. The number of benzene rings is 1. The van der Waals surface area contributed by atoms with Gasteiger partial charge in [-0.2, -0.15) is 0 Å². The maximum atomic E-state index is 13.6. The van der Waals surface area contributed by atoms with Crippen molar-refractivity contribution in [3.05, 3.63) is 28.2 Å². The zero-order valence-corrected chi connectivity index (χ0v) is 11.4. The van der Waals surface area contributed by atoms with Gasteiger partial charge < -0.3 is 5.32 Å². The van der Waals surface area contributed by atoms with Crippen molar-refractivity contribution in [1.29, 1.82) is 0 Å². The van der Waals surface area contributed by atoms with E-state index in [2.05, 4.69) is 28.2 Å². The van der Waals surface area contributed by atoms with Gasteiger partial charge >= 0.3 is 0 Å². The van der Waals surface area contributed by atoms with Crippen LogP contribution in [-0.2, 0) is 0 Å². The summed E-state index contributed by atoms with van der Waals surface area (Å²) in [6, 6.07) is 2.65. The highest BCUT2D eigenvalue weighted by molar-refractivity contribution is 9.10. The fraction of sp³-hybridized carbons (Fsp3) is 0.538. The van der Waals surface area contributed by atoms with Crippen LogP contribution in [0.4, 0.5) is 14.5 Å². The molecule has 0 amide bonds. The quantitative estimate of drug-likeness (QED) is 0.780. The van der Waals surface area contributed by atoms with E-state index in [1.54, 1.807) is 0 Å². The Morgan fingerprint density at radius 2 is 2.00 bits per heavy atom. The molecule has 2 unspecified atom stereocenters. The topological polar surface area (TPSA) is 12.0 Å². The first kappa shape index (κ1) is 12.8. The summed E-state index contributed by atoms with van der Waals surface area (Å²) in [6.45, 7) is 2.20. The first-order valence-corrected chi connectivity index (χ1v) is 6.76. The van der Waals surface area contributed by atoms with Gasteiger partial charge in [-0.15, -0.1) is 0 Å². The van der Waals surface area contributed by atoms with E-state index in [4.69, 9.17) is 0 Å². The smallest absolute Gasteiger partial charge is 0.147 e. The molecule has 0 spiro atoms. The zero-order valence-electron chi connectivity index (χ0n) is 9.77. The van der Waals surface area contributed by atoms with Gasteiger partial charge in [0.05, 0.1) is 10.2 Å². The minimum absolute atomic E-state index is 0.164. The molecule has 2 rings (SSSR count). The lowest BCUT2D eigenvalue weighted by molar-refractivity contribution is 0.358. The van der Waals surface area contributed by atoms with Crippen molar-refractivity contribution in [3.8, 4) is 0 Å². The standard InChI is InChI=1S/C13H16BrF2N/c1-8-3-2-4-9(5-8)17-13-7-11(15)10(14)6-12(13)16/h6-9,17H,2-5H2,1H3. The maximum absolute atomic E-state index is 13.6. The summed E-state index contributed by atoms with van der Waals surface area (Å²) in [7, 11) is 0. The van der Waals surface area contributed by atoms with E-state index in [-0.39, 0.29) is 16.2 Å². The van der Waals surface area contributed by atoms with E-state index in [1.807, 2.05) is 0 Å². The van der Waals surface area contributed by atoms with Crippen molar-refractivity contribution >= 4 is 21.6 Å². The summed E-state index contributed by atoms with van der Waals surface area (Å²) in [4.78, 5) is 0. The van der Waals surface area contributed by atoms with E-state index in [0.29, 0.717) is 5.92 Å². The minimum Gasteiger partial charge on any atom is -0.380 e. The largest absolute Gasteiger partial charge is 0.380 e. The number of hydrogen-bond donors (Lipinski definition) is 1. The molecule has 2 atom stereocenters. The summed E-state index contributed by atoms with van der Waals surface area (Å²) < 4.78 is 27.1. The van der Waals surface area contributed by atoms with Gasteiger partial charge in [0.25, 0.3) is 0 Å². The highest BCUT2D eigenvalue weighted by Gasteiger charge is 2.20. The Balaban J connectivity index is 2.10. The lowest BCUT2D eigenvalue weighted by Crippen LogP contribution is -2.26. The van der Waals surface area contributed by atoms with E-state index in [0.717, 1.165) is 19.3 Å². The molecule has 94 valence electrons. The highest BCUT2D eigenvalue weighted by Crippen LogP contribution is 2.29. The number of halogens is 3. The summed E-state index contributed by atoms with van der Waals surface area (Å²) in [5.74, 6) is -0.182. The molecular weight excluding hydrogens is 288 g/mol. The Hall–Kier alpha value is -0.640. The predicted octanol–water partition coefficient (Wildman–Crippen LogP) is 4.72. The molecule has 0 aliphatic heterocycles. The first-order valence-electron chi connectivity index (χ1n) is 5.97. The average molecular weight is 304 g/mol. The van der Waals surface area contributed by atoms with Gasteiger partial charge in [0.15, 0.2) is 0 Å². The summed E-state index contributed by atoms with van der Waals surface area (Å²) in [5.41, 5.74) is 0.268. The van der Waals surface area contributed by atoms with Crippen molar-refractivity contribution in [2.45, 2.75) is 38.6 Å². The Morgan fingerprint density at radius 3 is 2.71 bits per heavy atom. The van der Waals surface area contributed by atoms with Crippen LogP contribution in [0.1, 0.15) is 32.6 Å². The molecule has 1 aromatic carbocycles. The molecule has 1 aliphatic rings. The third kappa shape index (κ3) is 3.18. The predicted molar refractivity (Wildman–Crippen MR) is 69.1 cm³/mol. The van der Waals surface area contributed by atoms with Crippen molar-refractivity contribution in [1.82, 2.24) is 0 Å². The maximum Gasteiger partial charge on any atom is 0.147 e. The zero-order chi connectivity index (χ0) is 12.4. The van der Waals surface area contributed by atoms with Gasteiger partial charge in [0, 0.05) is 12.1 Å². The van der Waals surface area contributed by atoms with Crippen LogP contribution in [0.25, 0.3) is 0 Å². The Kier molecular flexibility index (Phi) is 4.02. The van der Waals surface area contributed by atoms with Gasteiger partial charge in [0.2, 0.25) is 0 Å². The molecule has 0 aromatic heterocycles. The van der Waals surface area contributed by atoms with E-state index < -0.39 is 11.6 Å². The summed E-state index contributed by atoms with van der Waals surface area (Å²) in [6.07, 6.45) is 4.44. The minimum atomic E-state index is -0.433. The van der Waals surface area contributed by atoms with Crippen LogP contribution in [0.2, 0.25) is 0 Å². The monoisotopic (exact) mass is 303 g/mol. The second kappa shape index (κ2) is 5.34. The van der Waals surface area contributed by atoms with Gasteiger partial charge in [0.1, 0.15) is 11.6 Å². The van der Waals surface area contributed by atoms with Crippen LogP contribution < -0.4 is 5.32 Å². The van der Waals surface area contributed by atoms with Gasteiger partial charge in [-0.05, 0) is 40.8 Å². The fourth-order valence-corrected chi connectivity index (χ4v) is 2.73. The molecule has 17 heavy (non-hydrogen) atoms. The molecule has 1 N–H and O–H groups in total. The lowest BCUT2D eigenvalue weighted by atomic mass is 9.87. The molecule has 4 heteroatoms. The number of rotatable bonds is 2. The number of nitrogens with one attached hydrogen (secondary N) is 1. The first-order chi connectivity index (χ1) is 8.06. The second-order valence-electron chi connectivity index (χ2n) is 4.86. The van der Waals surface area contributed by atoms with Gasteiger partial charge in [-0.1, -0.05) is 19.8 Å². The molecule has 0 bridgehead atoms. The molecular formula is C13H16BrF2N. The van der Waals surface area contributed by atoms with Crippen LogP contribution in [-0.4, -0.2) is 6.04 Å². The number of anilines is 1. The fourth-order valence-electron chi connectivity index (χ4n) is 2.42. The van der Waals surface area contributed by atoms with Crippen molar-refractivity contribution < 1.29 is 8.78 Å². The molecule has 0 saturated heterocycles. The SMILES string of the molecule is CC1CCCC(Nc2cc(F)c(Br)cc2F)C1. The molecule has 0 heterocycles. The second-order valence-corrected chi connectivity index (χ2v) is 5.71. The van der Waals surface area contributed by atoms with Crippen LogP contribution in [0.15, 0.2) is 16.6 Å². The molecule has 1 nitrogen and oxygen atoms in total. The lowest BCUT2D eigenvalue weighted by Gasteiger charge is -2.28. The third-order valence-corrected chi connectivity index (χ3v) is 3.91. The van der Waals surface area contributed by atoms with E-state index >= 15 is 0 Å². The van der Waals surface area contributed by atoms with E-state index in [1.165, 1.54) is 18.6 Å². The van der Waals surface area contributed by atoms with Crippen LogP contribution >= 0.6 is 15.9 Å². The van der Waals surface area contributed by atoms with E-state index in [9.17, 15) is 8.78 Å². The highest BCUT2D eigenvalue weighted by atomic mass is 79.9. The van der Waals surface area contributed by atoms with Gasteiger partial charge in [-0.25, -0.2) is 8.78 Å². The van der Waals surface area contributed by atoms with Crippen LogP contribution in [0, 0.1) is 17.6 Å². The molecule has 1 fully saturated rings. The average Bonchev–Trinajstić information content (AvgIpc) is 2.26. The Labute approximate surface area is 109 Å².